The molecule has 0 heterocycles. The molecule has 1 aliphatic rings. The van der Waals surface area contributed by atoms with Gasteiger partial charge in [-0.2, -0.15) is 0 Å². The second-order valence-electron chi connectivity index (χ2n) is 3.75. The van der Waals surface area contributed by atoms with Crippen LogP contribution in [0.3, 0.4) is 0 Å². The van der Waals surface area contributed by atoms with Gasteiger partial charge in [0.2, 0.25) is 0 Å². The predicted molar refractivity (Wildman–Crippen MR) is 48.8 cm³/mol. The average Bonchev–Trinajstić information content (AvgIpc) is 2.05. The maximum atomic E-state index is 8.60. The fourth-order valence-corrected chi connectivity index (χ4v) is 1.43. The monoisotopic (exact) mass is 168 g/mol. The van der Waals surface area contributed by atoms with Gasteiger partial charge >= 0.3 is 0 Å². The van der Waals surface area contributed by atoms with Crippen molar-refractivity contribution in [3.63, 3.8) is 0 Å². The average molecular weight is 168 g/mol. The molecule has 0 amide bonds. The second-order valence-corrected chi connectivity index (χ2v) is 3.75. The van der Waals surface area contributed by atoms with E-state index in [1.54, 1.807) is 0 Å². The highest BCUT2D eigenvalue weighted by molar-refractivity contribution is 5.14. The van der Waals surface area contributed by atoms with Gasteiger partial charge in [0.15, 0.2) is 0 Å². The van der Waals surface area contributed by atoms with E-state index in [0.29, 0.717) is 5.92 Å². The number of allylic oxidation sites excluding steroid dienone is 2. The van der Waals surface area contributed by atoms with Gasteiger partial charge in [0, 0.05) is 0 Å². The minimum Gasteiger partial charge on any atom is -0.251 e. The third kappa shape index (κ3) is 1.96. The SMILES string of the molecule is C=C(C)[C@H]1C=C[C@](C)(OO)CC1. The molecule has 1 rings (SSSR count). The van der Waals surface area contributed by atoms with Crippen molar-refractivity contribution in [1.82, 2.24) is 0 Å². The van der Waals surface area contributed by atoms with E-state index in [9.17, 15) is 0 Å². The molecule has 1 N–H and O–H groups in total. The summed E-state index contributed by atoms with van der Waals surface area (Å²) in [7, 11) is 0. The van der Waals surface area contributed by atoms with E-state index in [1.165, 1.54) is 5.57 Å². The van der Waals surface area contributed by atoms with E-state index in [-0.39, 0.29) is 0 Å². The van der Waals surface area contributed by atoms with Gasteiger partial charge in [-0.25, -0.2) is 4.89 Å². The Morgan fingerprint density at radius 3 is 2.75 bits per heavy atom. The molecule has 0 unspecified atom stereocenters. The van der Waals surface area contributed by atoms with Crippen molar-refractivity contribution in [2.24, 2.45) is 5.92 Å². The third-order valence-electron chi connectivity index (χ3n) is 2.47. The molecule has 0 radical (unpaired) electrons. The minimum absolute atomic E-state index is 0.452. The van der Waals surface area contributed by atoms with Gasteiger partial charge in [-0.1, -0.05) is 24.3 Å². The summed E-state index contributed by atoms with van der Waals surface area (Å²) in [6.45, 7) is 7.80. The Balaban J connectivity index is 2.64. The van der Waals surface area contributed by atoms with Gasteiger partial charge in [-0.3, -0.25) is 5.26 Å². The van der Waals surface area contributed by atoms with Crippen molar-refractivity contribution in [1.29, 1.82) is 0 Å². The molecular formula is C10H16O2. The van der Waals surface area contributed by atoms with E-state index in [2.05, 4.69) is 17.5 Å². The molecule has 0 aliphatic heterocycles. The van der Waals surface area contributed by atoms with E-state index in [0.717, 1.165) is 12.8 Å². The van der Waals surface area contributed by atoms with Crippen LogP contribution in [0, 0.1) is 5.92 Å². The Morgan fingerprint density at radius 2 is 2.42 bits per heavy atom. The van der Waals surface area contributed by atoms with Crippen LogP contribution in [0.25, 0.3) is 0 Å². The molecule has 0 bridgehead atoms. The topological polar surface area (TPSA) is 29.5 Å². The van der Waals surface area contributed by atoms with Crippen LogP contribution >= 0.6 is 0 Å². The normalized spacial score (nSPS) is 35.1. The first-order chi connectivity index (χ1) is 5.57. The minimum atomic E-state index is -0.480. The summed E-state index contributed by atoms with van der Waals surface area (Å²) >= 11 is 0. The number of rotatable bonds is 2. The number of hydrogen-bond donors (Lipinski definition) is 1. The van der Waals surface area contributed by atoms with Crippen LogP contribution in [-0.4, -0.2) is 10.9 Å². The van der Waals surface area contributed by atoms with Crippen molar-refractivity contribution in [2.75, 3.05) is 0 Å². The van der Waals surface area contributed by atoms with Crippen LogP contribution in [0.1, 0.15) is 26.7 Å². The molecule has 0 aromatic carbocycles. The Kier molecular flexibility index (Phi) is 2.70. The first kappa shape index (κ1) is 9.49. The maximum Gasteiger partial charge on any atom is 0.119 e. The summed E-state index contributed by atoms with van der Waals surface area (Å²) in [5.74, 6) is 0.452. The first-order valence-corrected chi connectivity index (χ1v) is 4.25. The molecule has 0 spiro atoms. The Morgan fingerprint density at radius 1 is 1.75 bits per heavy atom. The standard InChI is InChI=1S/C10H16O2/c1-8(2)9-4-6-10(3,12-11)7-5-9/h4,6,9,11H,1,5,7H2,2-3H3/t9-,10-/m0/s1. The fraction of sp³-hybridized carbons (Fsp3) is 0.600. The van der Waals surface area contributed by atoms with E-state index < -0.39 is 5.60 Å². The smallest absolute Gasteiger partial charge is 0.119 e. The van der Waals surface area contributed by atoms with Crippen molar-refractivity contribution in [3.8, 4) is 0 Å². The molecule has 0 saturated carbocycles. The Labute approximate surface area is 73.5 Å². The summed E-state index contributed by atoms with van der Waals surface area (Å²) < 4.78 is 0. The fourth-order valence-electron chi connectivity index (χ4n) is 1.43. The zero-order chi connectivity index (χ0) is 9.19. The van der Waals surface area contributed by atoms with Crippen molar-refractivity contribution in [3.05, 3.63) is 24.3 Å². The maximum absolute atomic E-state index is 8.60. The Bertz CT molecular complexity index is 208. The molecule has 2 heteroatoms. The first-order valence-electron chi connectivity index (χ1n) is 4.25. The largest absolute Gasteiger partial charge is 0.251 e. The molecule has 0 aromatic rings. The van der Waals surface area contributed by atoms with Gasteiger partial charge in [0.1, 0.15) is 5.60 Å². The third-order valence-corrected chi connectivity index (χ3v) is 2.47. The predicted octanol–water partition coefficient (Wildman–Crippen LogP) is 2.78. The summed E-state index contributed by atoms with van der Waals surface area (Å²) in [5, 5.41) is 8.60. The molecule has 2 atom stereocenters. The van der Waals surface area contributed by atoms with Gasteiger partial charge in [-0.15, -0.1) is 0 Å². The van der Waals surface area contributed by atoms with E-state index in [4.69, 9.17) is 5.26 Å². The highest BCUT2D eigenvalue weighted by atomic mass is 17.1. The summed E-state index contributed by atoms with van der Waals surface area (Å²) in [4.78, 5) is 4.39. The molecule has 0 fully saturated rings. The van der Waals surface area contributed by atoms with Crippen LogP contribution in [0.4, 0.5) is 0 Å². The lowest BCUT2D eigenvalue weighted by atomic mass is 9.83. The highest BCUT2D eigenvalue weighted by Crippen LogP contribution is 2.30. The lowest BCUT2D eigenvalue weighted by Crippen LogP contribution is -2.28. The van der Waals surface area contributed by atoms with E-state index in [1.807, 2.05) is 19.9 Å². The van der Waals surface area contributed by atoms with Crippen LogP contribution in [0.5, 0.6) is 0 Å². The van der Waals surface area contributed by atoms with Crippen molar-refractivity contribution >= 4 is 0 Å². The molecule has 68 valence electrons. The zero-order valence-electron chi connectivity index (χ0n) is 7.71. The summed E-state index contributed by atoms with van der Waals surface area (Å²) in [6, 6.07) is 0. The quantitative estimate of drug-likeness (QED) is 0.390. The Hall–Kier alpha value is -0.600. The summed E-state index contributed by atoms with van der Waals surface area (Å²) in [6.07, 6.45) is 5.82. The second kappa shape index (κ2) is 3.42. The lowest BCUT2D eigenvalue weighted by molar-refractivity contribution is -0.305. The van der Waals surface area contributed by atoms with Crippen LogP contribution in [0.2, 0.25) is 0 Å². The molecule has 12 heavy (non-hydrogen) atoms. The molecule has 1 aliphatic carbocycles. The molecular weight excluding hydrogens is 152 g/mol. The highest BCUT2D eigenvalue weighted by Gasteiger charge is 2.27. The van der Waals surface area contributed by atoms with Crippen molar-refractivity contribution < 1.29 is 10.1 Å². The van der Waals surface area contributed by atoms with Crippen LogP contribution < -0.4 is 0 Å². The lowest BCUT2D eigenvalue weighted by Gasteiger charge is -2.29. The van der Waals surface area contributed by atoms with Crippen LogP contribution in [0.15, 0.2) is 24.3 Å². The van der Waals surface area contributed by atoms with Gasteiger partial charge < -0.3 is 0 Å². The molecule has 0 saturated heterocycles. The molecule has 0 aromatic heterocycles. The van der Waals surface area contributed by atoms with Gasteiger partial charge in [0.05, 0.1) is 0 Å². The zero-order valence-corrected chi connectivity index (χ0v) is 7.71. The van der Waals surface area contributed by atoms with Crippen LogP contribution in [-0.2, 0) is 4.89 Å². The van der Waals surface area contributed by atoms with Crippen molar-refractivity contribution in [2.45, 2.75) is 32.3 Å². The van der Waals surface area contributed by atoms with E-state index >= 15 is 0 Å². The van der Waals surface area contributed by atoms with Gasteiger partial charge in [0.25, 0.3) is 0 Å². The van der Waals surface area contributed by atoms with Gasteiger partial charge in [-0.05, 0) is 32.6 Å². The number of hydrogen-bond acceptors (Lipinski definition) is 2. The molecule has 2 nitrogen and oxygen atoms in total. The summed E-state index contributed by atoms with van der Waals surface area (Å²) in [5.41, 5.74) is 0.692.